The molecule has 2 nitrogen and oxygen atoms in total. The molecule has 0 aromatic heterocycles. The van der Waals surface area contributed by atoms with Gasteiger partial charge in [-0.25, -0.2) is 0 Å². The van der Waals surface area contributed by atoms with Gasteiger partial charge in [-0.05, 0) is 67.3 Å². The normalized spacial score (nSPS) is 29.4. The molecule has 2 aliphatic carbocycles. The first-order chi connectivity index (χ1) is 9.78. The molecule has 0 heterocycles. The van der Waals surface area contributed by atoms with Crippen molar-refractivity contribution >= 4 is 11.6 Å². The van der Waals surface area contributed by atoms with Crippen LogP contribution in [0.1, 0.15) is 49.3 Å². The number of rotatable bonds is 4. The number of hydrogen-bond acceptors (Lipinski definition) is 2. The van der Waals surface area contributed by atoms with Crippen LogP contribution in [0.3, 0.4) is 0 Å². The zero-order valence-corrected chi connectivity index (χ0v) is 12.7. The number of hydrogen-bond donors (Lipinski definition) is 2. The predicted octanol–water partition coefficient (Wildman–Crippen LogP) is 3.72. The molecular weight excluding hydrogens is 270 g/mol. The van der Waals surface area contributed by atoms with Crippen molar-refractivity contribution < 1.29 is 5.11 Å². The molecule has 0 amide bonds. The monoisotopic (exact) mass is 293 g/mol. The smallest absolute Gasteiger partial charge is 0.0462 e. The lowest BCUT2D eigenvalue weighted by atomic mass is 9.79. The van der Waals surface area contributed by atoms with Crippen LogP contribution in [0.4, 0.5) is 0 Å². The third-order valence-electron chi connectivity index (χ3n) is 5.11. The van der Waals surface area contributed by atoms with Crippen LogP contribution in [0.5, 0.6) is 0 Å². The average Bonchev–Trinajstić information content (AvgIpc) is 2.87. The Morgan fingerprint density at radius 3 is 2.75 bits per heavy atom. The van der Waals surface area contributed by atoms with E-state index in [9.17, 15) is 5.11 Å². The Balaban J connectivity index is 1.60. The van der Waals surface area contributed by atoms with E-state index in [0.29, 0.717) is 24.5 Å². The summed E-state index contributed by atoms with van der Waals surface area (Å²) < 4.78 is 0. The molecule has 1 fully saturated rings. The Hall–Kier alpha value is -0.570. The fourth-order valence-electron chi connectivity index (χ4n) is 3.89. The molecule has 0 aliphatic heterocycles. The van der Waals surface area contributed by atoms with Crippen molar-refractivity contribution in [2.75, 3.05) is 13.2 Å². The summed E-state index contributed by atoms with van der Waals surface area (Å²) in [6.45, 7) is 1.39. The Bertz CT molecular complexity index is 462. The Morgan fingerprint density at radius 2 is 1.95 bits per heavy atom. The quantitative estimate of drug-likeness (QED) is 0.887. The molecule has 1 aromatic rings. The van der Waals surface area contributed by atoms with Crippen molar-refractivity contribution in [2.24, 2.45) is 11.8 Å². The van der Waals surface area contributed by atoms with Gasteiger partial charge in [0.1, 0.15) is 0 Å². The first kappa shape index (κ1) is 14.4. The minimum Gasteiger partial charge on any atom is -0.396 e. The summed E-state index contributed by atoms with van der Waals surface area (Å²) in [7, 11) is 0. The van der Waals surface area contributed by atoms with Gasteiger partial charge in [-0.3, -0.25) is 0 Å². The summed E-state index contributed by atoms with van der Waals surface area (Å²) in [5.74, 6) is 1.15. The highest BCUT2D eigenvalue weighted by molar-refractivity contribution is 6.30. The summed E-state index contributed by atoms with van der Waals surface area (Å²) in [4.78, 5) is 0. The van der Waals surface area contributed by atoms with Gasteiger partial charge in [0.2, 0.25) is 0 Å². The molecule has 3 unspecified atom stereocenters. The number of halogens is 1. The molecular formula is C17H24ClNO. The highest BCUT2D eigenvalue weighted by Crippen LogP contribution is 2.34. The molecule has 3 rings (SSSR count). The topological polar surface area (TPSA) is 32.3 Å². The minimum absolute atomic E-state index is 0.350. The molecule has 0 bridgehead atoms. The van der Waals surface area contributed by atoms with Gasteiger partial charge in [-0.1, -0.05) is 30.5 Å². The lowest BCUT2D eigenvalue weighted by Crippen LogP contribution is -2.33. The number of fused-ring (bicyclic) bond motifs is 1. The van der Waals surface area contributed by atoms with Gasteiger partial charge >= 0.3 is 0 Å². The fraction of sp³-hybridized carbons (Fsp3) is 0.647. The van der Waals surface area contributed by atoms with Gasteiger partial charge in [0.15, 0.2) is 0 Å². The summed E-state index contributed by atoms with van der Waals surface area (Å²) >= 11 is 6.06. The second-order valence-electron chi connectivity index (χ2n) is 6.33. The van der Waals surface area contributed by atoms with E-state index < -0.39 is 0 Å². The highest BCUT2D eigenvalue weighted by atomic mass is 35.5. The second kappa shape index (κ2) is 6.46. The van der Waals surface area contributed by atoms with E-state index in [1.807, 2.05) is 6.07 Å². The second-order valence-corrected chi connectivity index (χ2v) is 6.77. The largest absolute Gasteiger partial charge is 0.396 e. The first-order valence-corrected chi connectivity index (χ1v) is 8.28. The van der Waals surface area contributed by atoms with Crippen LogP contribution >= 0.6 is 11.6 Å². The molecule has 1 aromatic carbocycles. The number of aliphatic hydroxyl groups excluding tert-OH is 1. The zero-order valence-electron chi connectivity index (χ0n) is 11.9. The van der Waals surface area contributed by atoms with E-state index in [1.165, 1.54) is 43.2 Å². The van der Waals surface area contributed by atoms with Gasteiger partial charge in [-0.2, -0.15) is 0 Å². The van der Waals surface area contributed by atoms with Gasteiger partial charge in [0.25, 0.3) is 0 Å². The van der Waals surface area contributed by atoms with Crippen molar-refractivity contribution in [3.05, 3.63) is 34.3 Å². The van der Waals surface area contributed by atoms with E-state index in [0.717, 1.165) is 18.0 Å². The molecule has 20 heavy (non-hydrogen) atoms. The van der Waals surface area contributed by atoms with Crippen LogP contribution < -0.4 is 5.32 Å². The van der Waals surface area contributed by atoms with E-state index in [1.54, 1.807) is 0 Å². The molecule has 0 saturated heterocycles. The van der Waals surface area contributed by atoms with Crippen molar-refractivity contribution in [1.82, 2.24) is 5.32 Å². The maximum Gasteiger partial charge on any atom is 0.0462 e. The van der Waals surface area contributed by atoms with Crippen molar-refractivity contribution in [2.45, 2.75) is 44.6 Å². The van der Waals surface area contributed by atoms with E-state index in [2.05, 4.69) is 17.4 Å². The number of aryl methyl sites for hydroxylation is 1. The lowest BCUT2D eigenvalue weighted by Gasteiger charge is -2.31. The highest BCUT2D eigenvalue weighted by Gasteiger charge is 2.27. The fourth-order valence-corrected chi connectivity index (χ4v) is 4.08. The number of benzene rings is 1. The summed E-state index contributed by atoms with van der Waals surface area (Å²) in [5.41, 5.74) is 2.82. The van der Waals surface area contributed by atoms with E-state index in [-0.39, 0.29) is 0 Å². The van der Waals surface area contributed by atoms with Gasteiger partial charge < -0.3 is 10.4 Å². The zero-order chi connectivity index (χ0) is 13.9. The molecule has 110 valence electrons. The van der Waals surface area contributed by atoms with Crippen molar-refractivity contribution in [1.29, 1.82) is 0 Å². The minimum atomic E-state index is 0.350. The van der Waals surface area contributed by atoms with Gasteiger partial charge in [0.05, 0.1) is 0 Å². The first-order valence-electron chi connectivity index (χ1n) is 7.90. The Kier molecular flexibility index (Phi) is 4.65. The summed E-state index contributed by atoms with van der Waals surface area (Å²) in [6.07, 6.45) is 7.36. The van der Waals surface area contributed by atoms with E-state index >= 15 is 0 Å². The SMILES string of the molecule is OCC1CCCCC1CNC1CCc2cc(Cl)ccc21. The van der Waals surface area contributed by atoms with Crippen LogP contribution in [0.2, 0.25) is 5.02 Å². The summed E-state index contributed by atoms with van der Waals surface area (Å²) in [6, 6.07) is 6.75. The average molecular weight is 294 g/mol. The maximum atomic E-state index is 9.50. The molecule has 1 saturated carbocycles. The van der Waals surface area contributed by atoms with Crippen LogP contribution in [-0.2, 0) is 6.42 Å². The van der Waals surface area contributed by atoms with Crippen LogP contribution in [0.25, 0.3) is 0 Å². The molecule has 0 radical (unpaired) electrons. The molecule has 2 aliphatic rings. The van der Waals surface area contributed by atoms with E-state index in [4.69, 9.17) is 11.6 Å². The maximum absolute atomic E-state index is 9.50. The number of aliphatic hydroxyl groups is 1. The van der Waals surface area contributed by atoms with Crippen molar-refractivity contribution in [3.63, 3.8) is 0 Å². The number of nitrogens with one attached hydrogen (secondary N) is 1. The van der Waals surface area contributed by atoms with Crippen LogP contribution in [0.15, 0.2) is 18.2 Å². The molecule has 0 spiro atoms. The van der Waals surface area contributed by atoms with Crippen LogP contribution in [0, 0.1) is 11.8 Å². The third kappa shape index (κ3) is 3.03. The Morgan fingerprint density at radius 1 is 1.15 bits per heavy atom. The predicted molar refractivity (Wildman–Crippen MR) is 83.1 cm³/mol. The molecule has 3 atom stereocenters. The van der Waals surface area contributed by atoms with Gasteiger partial charge in [0, 0.05) is 17.7 Å². The standard InChI is InChI=1S/C17H24ClNO/c18-15-6-7-16-12(9-15)5-8-17(16)19-10-13-3-1-2-4-14(13)11-20/h6-7,9,13-14,17,19-20H,1-5,8,10-11H2. The summed E-state index contributed by atoms with van der Waals surface area (Å²) in [5, 5.41) is 14.1. The Labute approximate surface area is 126 Å². The molecule has 3 heteroatoms. The third-order valence-corrected chi connectivity index (χ3v) is 5.35. The lowest BCUT2D eigenvalue weighted by molar-refractivity contribution is 0.131. The molecule has 2 N–H and O–H groups in total. The van der Waals surface area contributed by atoms with Gasteiger partial charge in [-0.15, -0.1) is 0 Å². The van der Waals surface area contributed by atoms with Crippen LogP contribution in [-0.4, -0.2) is 18.3 Å². The van der Waals surface area contributed by atoms with Crippen molar-refractivity contribution in [3.8, 4) is 0 Å².